The Morgan fingerprint density at radius 2 is 1.94 bits per heavy atom. The maximum absolute atomic E-state index is 12.5. The van der Waals surface area contributed by atoms with Crippen molar-refractivity contribution in [2.75, 3.05) is 12.6 Å². The molecule has 2 rings (SSSR count). The molecule has 1 amide bonds. The Labute approximate surface area is 99.1 Å². The number of nitrogens with zero attached hydrogens (tertiary/aromatic N) is 1. The van der Waals surface area contributed by atoms with Crippen molar-refractivity contribution in [1.29, 1.82) is 0 Å². The lowest BCUT2D eigenvalue weighted by atomic mass is 10.0. The van der Waals surface area contributed by atoms with Crippen LogP contribution in [0.15, 0.2) is 30.3 Å². The zero-order chi connectivity index (χ0) is 12.5. The summed E-state index contributed by atoms with van der Waals surface area (Å²) in [7, 11) is -3.75. The molecule has 4 nitrogen and oxygen atoms in total. The van der Waals surface area contributed by atoms with Gasteiger partial charge in [-0.3, -0.25) is 4.79 Å². The monoisotopic (exact) mass is 257 g/mol. The summed E-state index contributed by atoms with van der Waals surface area (Å²) < 4.78 is 35.7. The highest BCUT2D eigenvalue weighted by Crippen LogP contribution is 2.24. The molecule has 1 aliphatic heterocycles. The van der Waals surface area contributed by atoms with Gasteiger partial charge in [-0.25, -0.2) is 17.1 Å². The van der Waals surface area contributed by atoms with E-state index in [1.807, 2.05) is 30.3 Å². The molecular weight excluding hydrogens is 245 g/mol. The minimum Gasteiger partial charge on any atom is -0.273 e. The van der Waals surface area contributed by atoms with Crippen LogP contribution in [0.5, 0.6) is 0 Å². The van der Waals surface area contributed by atoms with Crippen LogP contribution in [-0.4, -0.2) is 31.2 Å². The van der Waals surface area contributed by atoms with Gasteiger partial charge in [0.25, 0.3) is 0 Å². The Morgan fingerprint density at radius 1 is 1.29 bits per heavy atom. The summed E-state index contributed by atoms with van der Waals surface area (Å²) in [6, 6.07) is 9.10. The average molecular weight is 257 g/mol. The molecule has 1 aliphatic rings. The molecule has 1 saturated heterocycles. The highest BCUT2D eigenvalue weighted by atomic mass is 32.2. The maximum Gasteiger partial charge on any atom is 0.242 e. The number of sulfonamides is 1. The Balaban J connectivity index is 2.18. The van der Waals surface area contributed by atoms with E-state index in [9.17, 15) is 17.6 Å². The van der Waals surface area contributed by atoms with Crippen molar-refractivity contribution < 1.29 is 17.6 Å². The summed E-state index contributed by atoms with van der Waals surface area (Å²) in [6.07, 6.45) is 0.329. The van der Waals surface area contributed by atoms with Crippen LogP contribution >= 0.6 is 0 Å². The highest BCUT2D eigenvalue weighted by molar-refractivity contribution is 7.90. The Bertz CT molecular complexity index is 515. The molecule has 6 heteroatoms. The number of halogens is 1. The molecule has 0 aromatic heterocycles. The predicted molar refractivity (Wildman–Crippen MR) is 60.2 cm³/mol. The maximum atomic E-state index is 12.5. The standard InChI is InChI=1S/C11H12FNO3S/c12-8-13-11(14)10(7-17(13,15)16)6-9-4-2-1-3-5-9/h1-5,10H,6-8H2. The summed E-state index contributed by atoms with van der Waals surface area (Å²) in [5.74, 6) is -1.61. The van der Waals surface area contributed by atoms with Crippen molar-refractivity contribution in [3.05, 3.63) is 35.9 Å². The van der Waals surface area contributed by atoms with E-state index >= 15 is 0 Å². The van der Waals surface area contributed by atoms with Crippen LogP contribution in [0.3, 0.4) is 0 Å². The molecule has 0 aliphatic carbocycles. The van der Waals surface area contributed by atoms with Gasteiger partial charge in [-0.1, -0.05) is 30.3 Å². The van der Waals surface area contributed by atoms with E-state index in [0.717, 1.165) is 5.56 Å². The predicted octanol–water partition coefficient (Wildman–Crippen LogP) is 0.944. The largest absolute Gasteiger partial charge is 0.273 e. The van der Waals surface area contributed by atoms with Crippen molar-refractivity contribution in [2.45, 2.75) is 6.42 Å². The molecule has 1 unspecified atom stereocenters. The first-order valence-corrected chi connectivity index (χ1v) is 6.79. The zero-order valence-electron chi connectivity index (χ0n) is 9.04. The molecule has 92 valence electrons. The summed E-state index contributed by atoms with van der Waals surface area (Å²) in [6.45, 7) is -1.27. The second-order valence-corrected chi connectivity index (χ2v) is 5.91. The molecule has 0 bridgehead atoms. The summed E-state index contributed by atoms with van der Waals surface area (Å²) in [5, 5.41) is 0. The van der Waals surface area contributed by atoms with Gasteiger partial charge in [0.1, 0.15) is 0 Å². The van der Waals surface area contributed by atoms with Gasteiger partial charge in [0.2, 0.25) is 15.9 Å². The van der Waals surface area contributed by atoms with Gasteiger partial charge in [-0.05, 0) is 12.0 Å². The normalized spacial score (nSPS) is 23.0. The molecule has 0 N–H and O–H groups in total. The van der Waals surface area contributed by atoms with Gasteiger partial charge < -0.3 is 0 Å². The minimum absolute atomic E-state index is 0.301. The van der Waals surface area contributed by atoms with E-state index in [0.29, 0.717) is 10.7 Å². The fourth-order valence-electron chi connectivity index (χ4n) is 1.93. The molecular formula is C11H12FNO3S. The Kier molecular flexibility index (Phi) is 3.15. The van der Waals surface area contributed by atoms with Gasteiger partial charge in [0.05, 0.1) is 11.7 Å². The van der Waals surface area contributed by atoms with Gasteiger partial charge in [0.15, 0.2) is 6.80 Å². The van der Waals surface area contributed by atoms with Crippen LogP contribution in [-0.2, 0) is 21.2 Å². The SMILES string of the molecule is O=C1C(Cc2ccccc2)CS(=O)(=O)N1CF. The highest BCUT2D eigenvalue weighted by Gasteiger charge is 2.43. The van der Waals surface area contributed by atoms with E-state index < -0.39 is 28.6 Å². The van der Waals surface area contributed by atoms with E-state index in [2.05, 4.69) is 0 Å². The van der Waals surface area contributed by atoms with Crippen LogP contribution in [0, 0.1) is 5.92 Å². The molecule has 1 atom stereocenters. The molecule has 1 aromatic rings. The van der Waals surface area contributed by atoms with Crippen LogP contribution in [0.4, 0.5) is 4.39 Å². The molecule has 1 aromatic carbocycles. The molecule has 17 heavy (non-hydrogen) atoms. The summed E-state index contributed by atoms with van der Waals surface area (Å²) in [5.41, 5.74) is 0.877. The molecule has 0 spiro atoms. The average Bonchev–Trinajstić information content (AvgIpc) is 2.50. The molecule has 1 heterocycles. The lowest BCUT2D eigenvalue weighted by Gasteiger charge is -2.09. The van der Waals surface area contributed by atoms with Crippen molar-refractivity contribution in [3.63, 3.8) is 0 Å². The number of benzene rings is 1. The lowest BCUT2D eigenvalue weighted by Crippen LogP contribution is -2.30. The summed E-state index contributed by atoms with van der Waals surface area (Å²) in [4.78, 5) is 11.7. The smallest absolute Gasteiger partial charge is 0.242 e. The lowest BCUT2D eigenvalue weighted by molar-refractivity contribution is -0.129. The summed E-state index contributed by atoms with van der Waals surface area (Å²) >= 11 is 0. The van der Waals surface area contributed by atoms with Crippen molar-refractivity contribution in [1.82, 2.24) is 4.31 Å². The molecule has 0 radical (unpaired) electrons. The van der Waals surface area contributed by atoms with Crippen LogP contribution in [0.2, 0.25) is 0 Å². The van der Waals surface area contributed by atoms with Crippen LogP contribution < -0.4 is 0 Å². The van der Waals surface area contributed by atoms with Crippen LogP contribution in [0.25, 0.3) is 0 Å². The van der Waals surface area contributed by atoms with E-state index in [1.165, 1.54) is 0 Å². The number of carbonyl (C=O) groups is 1. The molecule has 1 fully saturated rings. The third kappa shape index (κ3) is 2.31. The Hall–Kier alpha value is -1.43. The van der Waals surface area contributed by atoms with Crippen LogP contribution in [0.1, 0.15) is 5.56 Å². The topological polar surface area (TPSA) is 54.5 Å². The van der Waals surface area contributed by atoms with Gasteiger partial charge >= 0.3 is 0 Å². The number of amides is 1. The third-order valence-corrected chi connectivity index (χ3v) is 4.55. The fraction of sp³-hybridized carbons (Fsp3) is 0.364. The number of rotatable bonds is 3. The first-order chi connectivity index (χ1) is 8.04. The first-order valence-electron chi connectivity index (χ1n) is 5.19. The minimum atomic E-state index is -3.75. The molecule has 0 saturated carbocycles. The van der Waals surface area contributed by atoms with Crippen molar-refractivity contribution in [3.8, 4) is 0 Å². The van der Waals surface area contributed by atoms with Crippen molar-refractivity contribution in [2.24, 2.45) is 5.92 Å². The third-order valence-electron chi connectivity index (χ3n) is 2.78. The fourth-order valence-corrected chi connectivity index (χ4v) is 3.46. The number of hydrogen-bond acceptors (Lipinski definition) is 3. The number of hydrogen-bond donors (Lipinski definition) is 0. The van der Waals surface area contributed by atoms with E-state index in [4.69, 9.17) is 0 Å². The Morgan fingerprint density at radius 3 is 2.47 bits per heavy atom. The van der Waals surface area contributed by atoms with Crippen molar-refractivity contribution >= 4 is 15.9 Å². The first kappa shape index (κ1) is 12.0. The van der Waals surface area contributed by atoms with E-state index in [1.54, 1.807) is 0 Å². The van der Waals surface area contributed by atoms with Gasteiger partial charge in [-0.15, -0.1) is 0 Å². The number of alkyl halides is 1. The van der Waals surface area contributed by atoms with E-state index in [-0.39, 0.29) is 5.75 Å². The van der Waals surface area contributed by atoms with Gasteiger partial charge in [0, 0.05) is 0 Å². The second-order valence-electron chi connectivity index (χ2n) is 3.97. The quantitative estimate of drug-likeness (QED) is 0.757. The number of carbonyl (C=O) groups excluding carboxylic acids is 1. The second kappa shape index (κ2) is 4.44. The zero-order valence-corrected chi connectivity index (χ0v) is 9.86. The van der Waals surface area contributed by atoms with Gasteiger partial charge in [-0.2, -0.15) is 0 Å².